The van der Waals surface area contributed by atoms with Gasteiger partial charge < -0.3 is 19.8 Å². The fraction of sp³-hybridized carbons (Fsp3) is 0.462. The molecular weight excluding hydrogens is 416 g/mol. The number of nitrogens with zero attached hydrogens (tertiary/aromatic N) is 2. The topological polar surface area (TPSA) is 70.5 Å². The Morgan fingerprint density at radius 2 is 1.94 bits per heavy atom. The van der Waals surface area contributed by atoms with E-state index in [4.69, 9.17) is 9.47 Å². The second-order valence-corrected chi connectivity index (χ2v) is 9.23. The number of hydrogen-bond donors (Lipinski definition) is 2. The summed E-state index contributed by atoms with van der Waals surface area (Å²) < 4.78 is 13.6. The van der Waals surface area contributed by atoms with E-state index in [-0.39, 0.29) is 12.1 Å². The first kappa shape index (κ1) is 23.3. The van der Waals surface area contributed by atoms with Crippen molar-refractivity contribution in [3.63, 3.8) is 0 Å². The van der Waals surface area contributed by atoms with E-state index in [1.807, 2.05) is 48.8 Å². The number of H-pyrrole nitrogens is 1. The number of nitrogens with one attached hydrogen (secondary N) is 2. The standard InChI is InChI=1S/C26H34N4O3/c1-18(2)17-33-25-7-5-6-23-22(25)16-24(28-23)26(31)27-20-8-12-30(13-9-20)19(3)29(4)21-10-14-32-15-11-21/h5-9,12-13,16,18-19,21H,10-11,14-15,17H2,1-4H3,(H,28,31)/p+1/t19-/m0/s1. The number of carbonyl (C=O) groups excluding carboxylic acids is 1. The summed E-state index contributed by atoms with van der Waals surface area (Å²) in [5.74, 6) is 1.05. The largest absolute Gasteiger partial charge is 0.493 e. The van der Waals surface area contributed by atoms with Gasteiger partial charge in [0.15, 0.2) is 12.4 Å². The molecule has 1 aromatic carbocycles. The lowest BCUT2D eigenvalue weighted by Crippen LogP contribution is -2.50. The van der Waals surface area contributed by atoms with Crippen molar-refractivity contribution >= 4 is 22.5 Å². The van der Waals surface area contributed by atoms with Crippen LogP contribution in [-0.4, -0.2) is 48.7 Å². The maximum absolute atomic E-state index is 12.9. The van der Waals surface area contributed by atoms with Crippen LogP contribution in [0.3, 0.4) is 0 Å². The van der Waals surface area contributed by atoms with Gasteiger partial charge in [0.25, 0.3) is 5.91 Å². The number of ether oxygens (including phenoxy) is 2. The summed E-state index contributed by atoms with van der Waals surface area (Å²) in [7, 11) is 2.17. The molecular formula is C26H35N4O3+. The molecule has 7 nitrogen and oxygen atoms in total. The van der Waals surface area contributed by atoms with Crippen LogP contribution in [0.5, 0.6) is 5.75 Å². The molecule has 1 atom stereocenters. The summed E-state index contributed by atoms with van der Waals surface area (Å²) in [4.78, 5) is 18.5. The third-order valence-corrected chi connectivity index (χ3v) is 6.34. The number of amides is 1. The lowest BCUT2D eigenvalue weighted by atomic mass is 10.1. The number of rotatable bonds is 8. The molecule has 1 fully saturated rings. The summed E-state index contributed by atoms with van der Waals surface area (Å²) in [5.41, 5.74) is 2.15. The number of benzene rings is 1. The van der Waals surface area contributed by atoms with Crippen molar-refractivity contribution < 1.29 is 18.8 Å². The molecule has 1 amide bonds. The predicted octanol–water partition coefficient (Wildman–Crippen LogP) is 4.37. The summed E-state index contributed by atoms with van der Waals surface area (Å²) in [6.07, 6.45) is 6.36. The van der Waals surface area contributed by atoms with Gasteiger partial charge in [-0.25, -0.2) is 4.90 Å². The molecule has 1 aliphatic heterocycles. The van der Waals surface area contributed by atoms with E-state index >= 15 is 0 Å². The molecule has 1 aliphatic rings. The van der Waals surface area contributed by atoms with E-state index in [1.165, 1.54) is 0 Å². The van der Waals surface area contributed by atoms with Crippen molar-refractivity contribution in [3.8, 4) is 5.75 Å². The first-order valence-electron chi connectivity index (χ1n) is 11.8. The molecule has 0 unspecified atom stereocenters. The van der Waals surface area contributed by atoms with Crippen molar-refractivity contribution in [2.24, 2.45) is 5.92 Å². The Kier molecular flexibility index (Phi) is 7.30. The van der Waals surface area contributed by atoms with Gasteiger partial charge in [0.1, 0.15) is 11.4 Å². The second-order valence-electron chi connectivity index (χ2n) is 9.23. The molecule has 33 heavy (non-hydrogen) atoms. The van der Waals surface area contributed by atoms with Crippen molar-refractivity contribution in [1.82, 2.24) is 9.88 Å². The highest BCUT2D eigenvalue weighted by Crippen LogP contribution is 2.27. The Balaban J connectivity index is 1.42. The molecule has 3 aromatic rings. The van der Waals surface area contributed by atoms with E-state index in [0.29, 0.717) is 24.3 Å². The average molecular weight is 452 g/mol. The van der Waals surface area contributed by atoms with Gasteiger partial charge in [-0.2, -0.15) is 4.57 Å². The van der Waals surface area contributed by atoms with E-state index in [9.17, 15) is 4.79 Å². The van der Waals surface area contributed by atoms with Crippen LogP contribution in [0.2, 0.25) is 0 Å². The van der Waals surface area contributed by atoms with Crippen LogP contribution in [0.15, 0.2) is 48.8 Å². The first-order chi connectivity index (χ1) is 15.9. The number of pyridine rings is 1. The number of carbonyl (C=O) groups is 1. The highest BCUT2D eigenvalue weighted by Gasteiger charge is 2.27. The minimum absolute atomic E-state index is 0.175. The van der Waals surface area contributed by atoms with Crippen LogP contribution in [0.25, 0.3) is 10.9 Å². The van der Waals surface area contributed by atoms with Crippen LogP contribution < -0.4 is 14.6 Å². The van der Waals surface area contributed by atoms with E-state index < -0.39 is 0 Å². The molecule has 1 saturated heterocycles. The molecule has 0 aliphatic carbocycles. The zero-order valence-electron chi connectivity index (χ0n) is 20.0. The number of fused-ring (bicyclic) bond motifs is 1. The van der Waals surface area contributed by atoms with Gasteiger partial charge in [-0.3, -0.25) is 4.79 Å². The highest BCUT2D eigenvalue weighted by molar-refractivity contribution is 6.06. The Bertz CT molecular complexity index is 1070. The van der Waals surface area contributed by atoms with Gasteiger partial charge in [-0.05, 0) is 44.0 Å². The van der Waals surface area contributed by atoms with Crippen molar-refractivity contribution in [2.45, 2.75) is 45.8 Å². The van der Waals surface area contributed by atoms with Gasteiger partial charge in [-0.1, -0.05) is 19.9 Å². The number of anilines is 1. The Labute approximate surface area is 195 Å². The second kappa shape index (κ2) is 10.4. The van der Waals surface area contributed by atoms with Crippen LogP contribution in [-0.2, 0) is 4.74 Å². The molecule has 176 valence electrons. The molecule has 2 N–H and O–H groups in total. The fourth-order valence-electron chi connectivity index (χ4n) is 4.21. The van der Waals surface area contributed by atoms with Crippen LogP contribution in [0.4, 0.5) is 5.69 Å². The number of aromatic amines is 1. The molecule has 7 heteroatoms. The lowest BCUT2D eigenvalue weighted by Gasteiger charge is -2.32. The number of aromatic nitrogens is 2. The third kappa shape index (κ3) is 5.54. The minimum atomic E-state index is -0.175. The zero-order chi connectivity index (χ0) is 23.4. The smallest absolute Gasteiger partial charge is 0.272 e. The molecule has 0 radical (unpaired) electrons. The molecule has 4 rings (SSSR count). The fourth-order valence-corrected chi connectivity index (χ4v) is 4.21. The van der Waals surface area contributed by atoms with Crippen LogP contribution in [0, 0.1) is 5.92 Å². The quantitative estimate of drug-likeness (QED) is 0.499. The Hall–Kier alpha value is -2.90. The highest BCUT2D eigenvalue weighted by atomic mass is 16.5. The summed E-state index contributed by atoms with van der Waals surface area (Å²) >= 11 is 0. The van der Waals surface area contributed by atoms with Gasteiger partial charge >= 0.3 is 0 Å². The maximum Gasteiger partial charge on any atom is 0.272 e. The zero-order valence-corrected chi connectivity index (χ0v) is 20.0. The minimum Gasteiger partial charge on any atom is -0.493 e. The average Bonchev–Trinajstić information content (AvgIpc) is 3.28. The Morgan fingerprint density at radius 3 is 2.64 bits per heavy atom. The third-order valence-electron chi connectivity index (χ3n) is 6.34. The maximum atomic E-state index is 12.9. The molecule has 0 spiro atoms. The van der Waals surface area contributed by atoms with Gasteiger partial charge in [-0.15, -0.1) is 0 Å². The van der Waals surface area contributed by atoms with Crippen LogP contribution >= 0.6 is 0 Å². The summed E-state index contributed by atoms with van der Waals surface area (Å²) in [6.45, 7) is 8.72. The monoisotopic (exact) mass is 451 g/mol. The van der Waals surface area contributed by atoms with E-state index in [2.05, 4.69) is 47.6 Å². The predicted molar refractivity (Wildman–Crippen MR) is 130 cm³/mol. The molecule has 0 saturated carbocycles. The summed E-state index contributed by atoms with van der Waals surface area (Å²) in [6, 6.07) is 12.1. The summed E-state index contributed by atoms with van der Waals surface area (Å²) in [5, 5.41) is 3.91. The molecule has 3 heterocycles. The van der Waals surface area contributed by atoms with Crippen molar-refractivity contribution in [2.75, 3.05) is 32.2 Å². The van der Waals surface area contributed by atoms with Gasteiger partial charge in [0, 0.05) is 49.2 Å². The molecule has 2 aromatic heterocycles. The first-order valence-corrected chi connectivity index (χ1v) is 11.8. The van der Waals surface area contributed by atoms with Crippen molar-refractivity contribution in [3.05, 3.63) is 54.5 Å². The van der Waals surface area contributed by atoms with Gasteiger partial charge in [0.2, 0.25) is 6.17 Å². The Morgan fingerprint density at radius 1 is 1.21 bits per heavy atom. The SMILES string of the molecule is CC(C)COc1cccc2[nH]c(C(=O)Nc3cc[n+]([C@@H](C)N(C)C4CCOCC4)cc3)cc12. The van der Waals surface area contributed by atoms with Crippen LogP contribution in [0.1, 0.15) is 50.3 Å². The normalized spacial score (nSPS) is 15.8. The molecule has 0 bridgehead atoms. The number of hydrogen-bond acceptors (Lipinski definition) is 4. The van der Waals surface area contributed by atoms with Gasteiger partial charge in [0.05, 0.1) is 12.3 Å². The van der Waals surface area contributed by atoms with E-state index in [0.717, 1.165) is 48.4 Å². The van der Waals surface area contributed by atoms with Crippen molar-refractivity contribution in [1.29, 1.82) is 0 Å². The lowest BCUT2D eigenvalue weighted by molar-refractivity contribution is -0.740. The van der Waals surface area contributed by atoms with E-state index in [1.54, 1.807) is 0 Å².